The second kappa shape index (κ2) is 9.04. The lowest BCUT2D eigenvalue weighted by Crippen LogP contribution is -2.08. The average molecular weight is 226 g/mol. The van der Waals surface area contributed by atoms with Crippen LogP contribution >= 0.6 is 0 Å². The summed E-state index contributed by atoms with van der Waals surface area (Å²) in [5, 5.41) is 9.69. The maximum absolute atomic E-state index is 9.69. The topological polar surface area (TPSA) is 20.2 Å². The van der Waals surface area contributed by atoms with Crippen molar-refractivity contribution in [3.8, 4) is 0 Å². The molecule has 16 heavy (non-hydrogen) atoms. The SMILES string of the molecule is CCCCCCCCCCCC(O)C1CC1. The van der Waals surface area contributed by atoms with Crippen molar-refractivity contribution in [3.05, 3.63) is 0 Å². The Hall–Kier alpha value is -0.0400. The van der Waals surface area contributed by atoms with Gasteiger partial charge in [0.2, 0.25) is 0 Å². The first-order valence-electron chi connectivity index (χ1n) is 7.52. The average Bonchev–Trinajstić information content (AvgIpc) is 3.10. The largest absolute Gasteiger partial charge is 0.393 e. The molecular formula is C15H30O. The van der Waals surface area contributed by atoms with Crippen LogP contribution in [0.2, 0.25) is 0 Å². The monoisotopic (exact) mass is 226 g/mol. The predicted molar refractivity (Wildman–Crippen MR) is 70.6 cm³/mol. The standard InChI is InChI=1S/C15H30O/c1-2-3-4-5-6-7-8-9-10-11-15(16)14-12-13-14/h14-16H,2-13H2,1H3. The summed E-state index contributed by atoms with van der Waals surface area (Å²) in [5.74, 6) is 0.675. The molecule has 1 rings (SSSR count). The molecule has 0 amide bonds. The van der Waals surface area contributed by atoms with Crippen molar-refractivity contribution in [2.75, 3.05) is 0 Å². The van der Waals surface area contributed by atoms with E-state index in [1.54, 1.807) is 0 Å². The van der Waals surface area contributed by atoms with Crippen molar-refractivity contribution in [1.29, 1.82) is 0 Å². The van der Waals surface area contributed by atoms with E-state index in [9.17, 15) is 5.11 Å². The molecule has 1 aliphatic carbocycles. The Morgan fingerprint density at radius 1 is 0.875 bits per heavy atom. The Morgan fingerprint density at radius 3 is 1.88 bits per heavy atom. The van der Waals surface area contributed by atoms with Gasteiger partial charge in [0.05, 0.1) is 6.10 Å². The smallest absolute Gasteiger partial charge is 0.0568 e. The summed E-state index contributed by atoms with van der Waals surface area (Å²) < 4.78 is 0. The normalized spacial score (nSPS) is 17.6. The van der Waals surface area contributed by atoms with Crippen LogP contribution in [0, 0.1) is 5.92 Å². The first kappa shape index (κ1) is 14.0. The van der Waals surface area contributed by atoms with Gasteiger partial charge in [0.25, 0.3) is 0 Å². The molecule has 96 valence electrons. The molecule has 0 radical (unpaired) electrons. The highest BCUT2D eigenvalue weighted by Gasteiger charge is 2.28. The maximum atomic E-state index is 9.69. The lowest BCUT2D eigenvalue weighted by atomic mass is 10.0. The third kappa shape index (κ3) is 7.27. The van der Waals surface area contributed by atoms with Crippen LogP contribution in [0.25, 0.3) is 0 Å². The predicted octanol–water partition coefficient (Wildman–Crippen LogP) is 4.68. The zero-order valence-corrected chi connectivity index (χ0v) is 11.1. The Balaban J connectivity index is 1.71. The van der Waals surface area contributed by atoms with Crippen LogP contribution in [-0.4, -0.2) is 11.2 Å². The van der Waals surface area contributed by atoms with Crippen LogP contribution < -0.4 is 0 Å². The minimum Gasteiger partial charge on any atom is -0.393 e. The molecule has 0 heterocycles. The van der Waals surface area contributed by atoms with Crippen molar-refractivity contribution in [1.82, 2.24) is 0 Å². The number of rotatable bonds is 11. The van der Waals surface area contributed by atoms with Crippen molar-refractivity contribution < 1.29 is 5.11 Å². The summed E-state index contributed by atoms with van der Waals surface area (Å²) in [4.78, 5) is 0. The summed E-state index contributed by atoms with van der Waals surface area (Å²) in [7, 11) is 0. The van der Waals surface area contributed by atoms with E-state index in [0.717, 1.165) is 6.42 Å². The molecular weight excluding hydrogens is 196 g/mol. The van der Waals surface area contributed by atoms with Gasteiger partial charge in [0.1, 0.15) is 0 Å². The van der Waals surface area contributed by atoms with E-state index >= 15 is 0 Å². The van der Waals surface area contributed by atoms with E-state index in [1.165, 1.54) is 70.6 Å². The van der Waals surface area contributed by atoms with Crippen LogP contribution in [0.1, 0.15) is 84.0 Å². The van der Waals surface area contributed by atoms with Gasteiger partial charge in [-0.15, -0.1) is 0 Å². The highest BCUT2D eigenvalue weighted by atomic mass is 16.3. The van der Waals surface area contributed by atoms with Crippen LogP contribution in [0.15, 0.2) is 0 Å². The van der Waals surface area contributed by atoms with Gasteiger partial charge in [-0.2, -0.15) is 0 Å². The molecule has 1 aliphatic rings. The minimum absolute atomic E-state index is 0.0320. The third-order valence-corrected chi connectivity index (χ3v) is 3.77. The molecule has 0 aliphatic heterocycles. The molecule has 1 saturated carbocycles. The first-order valence-corrected chi connectivity index (χ1v) is 7.52. The fraction of sp³-hybridized carbons (Fsp3) is 1.00. The number of aliphatic hydroxyl groups is 1. The number of aliphatic hydroxyl groups excluding tert-OH is 1. The van der Waals surface area contributed by atoms with Gasteiger partial charge >= 0.3 is 0 Å². The third-order valence-electron chi connectivity index (χ3n) is 3.77. The van der Waals surface area contributed by atoms with Gasteiger partial charge in [0.15, 0.2) is 0 Å². The fourth-order valence-electron chi connectivity index (χ4n) is 2.38. The quantitative estimate of drug-likeness (QED) is 0.507. The van der Waals surface area contributed by atoms with Crippen molar-refractivity contribution in [2.24, 2.45) is 5.92 Å². The van der Waals surface area contributed by atoms with Gasteiger partial charge < -0.3 is 5.11 Å². The minimum atomic E-state index is 0.0320. The number of unbranched alkanes of at least 4 members (excludes halogenated alkanes) is 8. The Kier molecular flexibility index (Phi) is 7.92. The zero-order chi connectivity index (χ0) is 11.6. The second-order valence-corrected chi connectivity index (χ2v) is 5.52. The van der Waals surface area contributed by atoms with Crippen LogP contribution in [0.5, 0.6) is 0 Å². The molecule has 1 atom stereocenters. The van der Waals surface area contributed by atoms with Crippen molar-refractivity contribution in [2.45, 2.75) is 90.1 Å². The van der Waals surface area contributed by atoms with Gasteiger partial charge in [-0.1, -0.05) is 64.7 Å². The molecule has 1 N–H and O–H groups in total. The lowest BCUT2D eigenvalue weighted by molar-refractivity contribution is 0.138. The van der Waals surface area contributed by atoms with E-state index in [1.807, 2.05) is 0 Å². The number of hydrogen-bond donors (Lipinski definition) is 1. The summed E-state index contributed by atoms with van der Waals surface area (Å²) in [6.07, 6.45) is 16.0. The summed E-state index contributed by atoms with van der Waals surface area (Å²) >= 11 is 0. The van der Waals surface area contributed by atoms with E-state index in [0.29, 0.717) is 5.92 Å². The van der Waals surface area contributed by atoms with Crippen molar-refractivity contribution >= 4 is 0 Å². The highest BCUT2D eigenvalue weighted by Crippen LogP contribution is 2.34. The molecule has 0 aromatic carbocycles. The fourth-order valence-corrected chi connectivity index (χ4v) is 2.38. The van der Waals surface area contributed by atoms with E-state index < -0.39 is 0 Å². The summed E-state index contributed by atoms with van der Waals surface area (Å²) in [6.45, 7) is 2.27. The highest BCUT2D eigenvalue weighted by molar-refractivity contribution is 4.80. The van der Waals surface area contributed by atoms with Crippen LogP contribution in [0.4, 0.5) is 0 Å². The van der Waals surface area contributed by atoms with Crippen molar-refractivity contribution in [3.63, 3.8) is 0 Å². The van der Waals surface area contributed by atoms with Gasteiger partial charge in [-0.3, -0.25) is 0 Å². The molecule has 0 aromatic heterocycles. The molecule has 1 unspecified atom stereocenters. The van der Waals surface area contributed by atoms with E-state index in [-0.39, 0.29) is 6.10 Å². The molecule has 0 aromatic rings. The molecule has 1 fully saturated rings. The number of hydrogen-bond acceptors (Lipinski definition) is 1. The lowest BCUT2D eigenvalue weighted by Gasteiger charge is -2.08. The van der Waals surface area contributed by atoms with E-state index in [4.69, 9.17) is 0 Å². The van der Waals surface area contributed by atoms with Crippen LogP contribution in [-0.2, 0) is 0 Å². The maximum Gasteiger partial charge on any atom is 0.0568 e. The molecule has 1 nitrogen and oxygen atoms in total. The first-order chi connectivity index (χ1) is 7.84. The molecule has 0 saturated heterocycles. The molecule has 1 heteroatoms. The summed E-state index contributed by atoms with van der Waals surface area (Å²) in [6, 6.07) is 0. The van der Waals surface area contributed by atoms with Crippen LogP contribution in [0.3, 0.4) is 0 Å². The van der Waals surface area contributed by atoms with E-state index in [2.05, 4.69) is 6.92 Å². The zero-order valence-electron chi connectivity index (χ0n) is 11.1. The molecule has 0 spiro atoms. The van der Waals surface area contributed by atoms with Gasteiger partial charge in [0, 0.05) is 0 Å². The summed E-state index contributed by atoms with van der Waals surface area (Å²) in [5.41, 5.74) is 0. The van der Waals surface area contributed by atoms with Gasteiger partial charge in [-0.05, 0) is 25.2 Å². The Bertz CT molecular complexity index is 152. The Morgan fingerprint density at radius 2 is 1.38 bits per heavy atom. The second-order valence-electron chi connectivity index (χ2n) is 5.52. The van der Waals surface area contributed by atoms with Gasteiger partial charge in [-0.25, -0.2) is 0 Å². The molecule has 0 bridgehead atoms. The Labute approximate surface area is 102 Å².